The molecule has 1 aromatic heterocycles. The maximum absolute atomic E-state index is 10.6. The van der Waals surface area contributed by atoms with Crippen LogP contribution in [-0.4, -0.2) is 26.9 Å². The predicted octanol–water partition coefficient (Wildman–Crippen LogP) is 3.76. The Balaban J connectivity index is 0.000000142. The number of rotatable bonds is 1. The van der Waals surface area contributed by atoms with E-state index < -0.39 is 5.97 Å². The molecule has 0 saturated heterocycles. The summed E-state index contributed by atoms with van der Waals surface area (Å²) in [7, 11) is 0. The molecule has 0 atom stereocenters. The van der Waals surface area contributed by atoms with Gasteiger partial charge in [0.1, 0.15) is 10.7 Å². The number of aromatic carboxylic acids is 1. The van der Waals surface area contributed by atoms with Crippen LogP contribution in [0.25, 0.3) is 0 Å². The van der Waals surface area contributed by atoms with Crippen molar-refractivity contribution in [3.05, 3.63) is 16.9 Å². The number of carbonyl (C=O) groups is 1. The first-order chi connectivity index (χ1) is 11.2. The lowest BCUT2D eigenvalue weighted by Gasteiger charge is -2.53. The van der Waals surface area contributed by atoms with Gasteiger partial charge in [-0.3, -0.25) is 0 Å². The Hall–Kier alpha value is -1.07. The van der Waals surface area contributed by atoms with Crippen LogP contribution in [0.5, 0.6) is 0 Å². The van der Waals surface area contributed by atoms with Crippen LogP contribution in [-0.2, 0) is 5.54 Å². The van der Waals surface area contributed by atoms with Crippen LogP contribution >= 0.6 is 11.6 Å². The van der Waals surface area contributed by atoms with E-state index in [0.29, 0.717) is 6.04 Å². The van der Waals surface area contributed by atoms with E-state index in [2.05, 4.69) is 5.10 Å². The number of nitrogens with two attached hydrogens (primary N) is 1. The molecule has 0 radical (unpaired) electrons. The van der Waals surface area contributed by atoms with Gasteiger partial charge in [0.05, 0.1) is 11.7 Å². The van der Waals surface area contributed by atoms with Gasteiger partial charge in [-0.15, -0.1) is 0 Å². The van der Waals surface area contributed by atoms with Crippen molar-refractivity contribution in [1.82, 2.24) is 9.78 Å². The molecule has 134 valence electrons. The topological polar surface area (TPSA) is 81.1 Å². The van der Waals surface area contributed by atoms with Crippen LogP contribution in [0.2, 0.25) is 5.15 Å². The van der Waals surface area contributed by atoms with Crippen LogP contribution in [0.1, 0.15) is 63.2 Å². The molecule has 4 aliphatic carbocycles. The summed E-state index contributed by atoms with van der Waals surface area (Å²) in [5.41, 5.74) is 5.90. The summed E-state index contributed by atoms with van der Waals surface area (Å²) in [5, 5.41) is 12.8. The van der Waals surface area contributed by atoms with Gasteiger partial charge in [0.25, 0.3) is 0 Å². The Morgan fingerprint density at radius 2 is 1.71 bits per heavy atom. The normalized spacial score (nSPS) is 34.0. The number of aromatic nitrogens is 2. The lowest BCUT2D eigenvalue weighted by atomic mass is 9.54. The van der Waals surface area contributed by atoms with Crippen LogP contribution in [0.4, 0.5) is 0 Å². The van der Waals surface area contributed by atoms with E-state index in [1.165, 1.54) is 36.6 Å². The number of nitrogens with zero attached hydrogens (tertiary/aromatic N) is 2. The van der Waals surface area contributed by atoms with E-state index >= 15 is 0 Å². The number of hydrogen-bond donors (Lipinski definition) is 2. The minimum Gasteiger partial charge on any atom is -0.478 e. The molecule has 1 heterocycles. The molecular formula is C18H28ClN3O2. The second-order valence-electron chi connectivity index (χ2n) is 8.74. The summed E-state index contributed by atoms with van der Waals surface area (Å²) in [4.78, 5) is 10.6. The molecule has 0 amide bonds. The third-order valence-corrected chi connectivity index (χ3v) is 6.24. The highest BCUT2D eigenvalue weighted by Crippen LogP contribution is 2.52. The standard InChI is InChI=1S/C10H17N.C8H11ClN2O2/c11-10-8-2-6-1-7(4-8)5-9(10)3-6;1-8(2,3)11-6(9)5(4-10-11)7(12)13/h6-10H,1-5,11H2;4H,1-3H3,(H,12,13). The van der Waals surface area contributed by atoms with Gasteiger partial charge in [-0.25, -0.2) is 9.48 Å². The number of halogens is 1. The maximum Gasteiger partial charge on any atom is 0.340 e. The smallest absolute Gasteiger partial charge is 0.340 e. The lowest BCUT2D eigenvalue weighted by molar-refractivity contribution is 0.000349. The molecule has 6 heteroatoms. The van der Waals surface area contributed by atoms with Crippen LogP contribution in [0.15, 0.2) is 6.20 Å². The Labute approximate surface area is 148 Å². The third-order valence-electron chi connectivity index (χ3n) is 5.88. The molecule has 1 aromatic rings. The van der Waals surface area contributed by atoms with Gasteiger partial charge in [0.2, 0.25) is 0 Å². The quantitative estimate of drug-likeness (QED) is 0.805. The highest BCUT2D eigenvalue weighted by molar-refractivity contribution is 6.32. The van der Waals surface area contributed by atoms with Crippen molar-refractivity contribution in [2.45, 2.75) is 64.5 Å². The van der Waals surface area contributed by atoms with E-state index in [0.717, 1.165) is 23.7 Å². The van der Waals surface area contributed by atoms with Gasteiger partial charge in [-0.05, 0) is 76.5 Å². The lowest BCUT2D eigenvalue weighted by Crippen LogP contribution is -2.52. The van der Waals surface area contributed by atoms with Crippen molar-refractivity contribution < 1.29 is 9.90 Å². The number of hydrogen-bond acceptors (Lipinski definition) is 3. The number of carboxylic acid groups (broad SMARTS) is 1. The van der Waals surface area contributed by atoms with Crippen LogP contribution < -0.4 is 5.73 Å². The van der Waals surface area contributed by atoms with E-state index in [-0.39, 0.29) is 16.3 Å². The highest BCUT2D eigenvalue weighted by atomic mass is 35.5. The van der Waals surface area contributed by atoms with Crippen molar-refractivity contribution in [3.8, 4) is 0 Å². The molecule has 0 unspecified atom stereocenters. The fourth-order valence-electron chi connectivity index (χ4n) is 4.91. The Morgan fingerprint density at radius 3 is 2.04 bits per heavy atom. The van der Waals surface area contributed by atoms with E-state index in [1.54, 1.807) is 6.42 Å². The molecule has 4 aliphatic rings. The largest absolute Gasteiger partial charge is 0.478 e. The second-order valence-corrected chi connectivity index (χ2v) is 9.10. The average Bonchev–Trinajstić information content (AvgIpc) is 2.86. The Morgan fingerprint density at radius 1 is 1.21 bits per heavy atom. The Bertz CT molecular complexity index is 592. The molecule has 4 saturated carbocycles. The summed E-state index contributed by atoms with van der Waals surface area (Å²) in [6.45, 7) is 5.70. The first kappa shape index (κ1) is 17.7. The fraction of sp³-hybridized carbons (Fsp3) is 0.778. The molecule has 0 aromatic carbocycles. The van der Waals surface area contributed by atoms with Gasteiger partial charge >= 0.3 is 5.97 Å². The van der Waals surface area contributed by atoms with E-state index in [9.17, 15) is 4.79 Å². The van der Waals surface area contributed by atoms with Gasteiger partial charge in [-0.1, -0.05) is 11.6 Å². The molecular weight excluding hydrogens is 326 g/mol. The first-order valence-corrected chi connectivity index (χ1v) is 9.27. The predicted molar refractivity (Wildman–Crippen MR) is 94.2 cm³/mol. The zero-order valence-corrected chi connectivity index (χ0v) is 15.5. The summed E-state index contributed by atoms with van der Waals surface area (Å²) in [5.74, 6) is 2.95. The summed E-state index contributed by atoms with van der Waals surface area (Å²) < 4.78 is 1.48. The molecule has 5 rings (SSSR count). The number of carboxylic acids is 1. The fourth-order valence-corrected chi connectivity index (χ4v) is 5.34. The van der Waals surface area contributed by atoms with Gasteiger partial charge in [0, 0.05) is 6.04 Å². The average molecular weight is 354 g/mol. The van der Waals surface area contributed by atoms with Crippen LogP contribution in [0, 0.1) is 23.7 Å². The van der Waals surface area contributed by atoms with Gasteiger partial charge in [-0.2, -0.15) is 5.10 Å². The monoisotopic (exact) mass is 353 g/mol. The van der Waals surface area contributed by atoms with Crippen molar-refractivity contribution in [2.24, 2.45) is 29.4 Å². The third kappa shape index (κ3) is 3.33. The first-order valence-electron chi connectivity index (χ1n) is 8.89. The minimum absolute atomic E-state index is 0.0385. The summed E-state index contributed by atoms with van der Waals surface area (Å²) in [6, 6.07) is 0.586. The molecule has 0 aliphatic heterocycles. The van der Waals surface area contributed by atoms with Crippen molar-refractivity contribution in [1.29, 1.82) is 0 Å². The molecule has 0 spiro atoms. The molecule has 3 N–H and O–H groups in total. The zero-order valence-electron chi connectivity index (χ0n) is 14.7. The molecule has 4 fully saturated rings. The van der Waals surface area contributed by atoms with E-state index in [1.807, 2.05) is 20.8 Å². The summed E-state index contributed by atoms with van der Waals surface area (Å²) in [6.07, 6.45) is 8.67. The van der Waals surface area contributed by atoms with Crippen molar-refractivity contribution in [3.63, 3.8) is 0 Å². The summed E-state index contributed by atoms with van der Waals surface area (Å²) >= 11 is 5.82. The minimum atomic E-state index is -1.06. The zero-order chi connectivity index (χ0) is 17.6. The Kier molecular flexibility index (Phi) is 4.69. The molecule has 4 bridgehead atoms. The maximum atomic E-state index is 10.6. The second kappa shape index (κ2) is 6.34. The highest BCUT2D eigenvalue weighted by Gasteiger charge is 2.46. The van der Waals surface area contributed by atoms with E-state index in [4.69, 9.17) is 22.4 Å². The molecule has 24 heavy (non-hydrogen) atoms. The van der Waals surface area contributed by atoms with Crippen molar-refractivity contribution in [2.75, 3.05) is 0 Å². The molecule has 5 nitrogen and oxygen atoms in total. The van der Waals surface area contributed by atoms with Crippen LogP contribution in [0.3, 0.4) is 0 Å². The van der Waals surface area contributed by atoms with Gasteiger partial charge in [0.15, 0.2) is 0 Å². The van der Waals surface area contributed by atoms with Crippen molar-refractivity contribution >= 4 is 17.6 Å². The van der Waals surface area contributed by atoms with Gasteiger partial charge < -0.3 is 10.8 Å². The SMILES string of the molecule is CC(C)(C)n1ncc(C(=O)O)c1Cl.NC1C2CC3CC(C2)CC1C3.